The van der Waals surface area contributed by atoms with Gasteiger partial charge in [-0.25, -0.2) is 0 Å². The van der Waals surface area contributed by atoms with Crippen LogP contribution < -0.4 is 0 Å². The van der Waals surface area contributed by atoms with Crippen LogP contribution in [0.25, 0.3) is 0 Å². The second-order valence-electron chi connectivity index (χ2n) is 5.43. The largest absolute Gasteiger partial charge is 0.297 e. The monoisotopic (exact) mass is 269 g/mol. The van der Waals surface area contributed by atoms with E-state index in [-0.39, 0.29) is 0 Å². The van der Waals surface area contributed by atoms with E-state index in [2.05, 4.69) is 56.1 Å². The molecule has 0 saturated carbocycles. The van der Waals surface area contributed by atoms with Gasteiger partial charge in [-0.05, 0) is 63.7 Å². The smallest absolute Gasteiger partial charge is 0.0277 e. The van der Waals surface area contributed by atoms with Crippen molar-refractivity contribution in [3.8, 4) is 0 Å². The molecule has 0 heterocycles. The van der Waals surface area contributed by atoms with Crippen LogP contribution in [0, 0.1) is 0 Å². The van der Waals surface area contributed by atoms with Crippen LogP contribution in [0.2, 0.25) is 0 Å². The van der Waals surface area contributed by atoms with Crippen LogP contribution in [0.5, 0.6) is 0 Å². The van der Waals surface area contributed by atoms with Crippen LogP contribution in [0.4, 0.5) is 0 Å². The molecule has 0 aromatic rings. The third-order valence-electron chi connectivity index (χ3n) is 3.55. The predicted octanol–water partition coefficient (Wildman–Crippen LogP) is 5.58. The highest BCUT2D eigenvalue weighted by Crippen LogP contribution is 2.25. The van der Waals surface area contributed by atoms with Crippen LogP contribution in [-0.2, 0) is 0 Å². The zero-order valence-electron chi connectivity index (χ0n) is 13.3. The number of aliphatic imine (C=N–C) groups is 1. The molecule has 0 amide bonds. The molecule has 1 aliphatic carbocycles. The van der Waals surface area contributed by atoms with Crippen molar-refractivity contribution >= 4 is 6.21 Å². The lowest BCUT2D eigenvalue weighted by atomic mass is 9.92. The molecule has 0 unspecified atom stereocenters. The van der Waals surface area contributed by atoms with E-state index in [1.54, 1.807) is 12.6 Å². The first kappa shape index (κ1) is 16.4. The van der Waals surface area contributed by atoms with E-state index in [1.807, 2.05) is 12.3 Å². The Kier molecular flexibility index (Phi) is 7.64. The quantitative estimate of drug-likeness (QED) is 0.456. The third kappa shape index (κ3) is 6.51. The van der Waals surface area contributed by atoms with Gasteiger partial charge in [0.25, 0.3) is 0 Å². The fourth-order valence-electron chi connectivity index (χ4n) is 2.19. The Morgan fingerprint density at radius 1 is 1.00 bits per heavy atom. The summed E-state index contributed by atoms with van der Waals surface area (Å²) in [6.45, 7) is 6.49. The second kappa shape index (κ2) is 9.30. The number of hydrogen-bond acceptors (Lipinski definition) is 1. The molecule has 1 heteroatoms. The summed E-state index contributed by atoms with van der Waals surface area (Å²) in [4.78, 5) is 3.94. The summed E-state index contributed by atoms with van der Waals surface area (Å²) in [5, 5.41) is 0. The minimum atomic E-state index is 1.20. The van der Waals surface area contributed by atoms with Crippen molar-refractivity contribution in [3.63, 3.8) is 0 Å². The SMILES string of the molecule is CN=C/C=C(C)/C=C/C=C(C)/C=C/C1=C(C)CCCC1. The van der Waals surface area contributed by atoms with Crippen LogP contribution in [-0.4, -0.2) is 13.3 Å². The molecule has 1 aliphatic rings. The Bertz CT molecular complexity index is 482. The van der Waals surface area contributed by atoms with Gasteiger partial charge in [-0.3, -0.25) is 4.99 Å². The standard InChI is InChI=1S/C19H27N/c1-16(8-7-9-17(2)14-15-20-4)12-13-19-11-6-5-10-18(19)3/h7-9,12-15H,5-6,10-11H2,1-4H3/b9-7+,13-12+,16-8+,17-14+,20-15?. The molecule has 0 N–H and O–H groups in total. The number of hydrogen-bond donors (Lipinski definition) is 0. The van der Waals surface area contributed by atoms with Crippen LogP contribution in [0.3, 0.4) is 0 Å². The molecule has 0 aromatic heterocycles. The van der Waals surface area contributed by atoms with E-state index in [0.29, 0.717) is 0 Å². The molecule has 0 atom stereocenters. The fourth-order valence-corrected chi connectivity index (χ4v) is 2.19. The van der Waals surface area contributed by atoms with E-state index in [4.69, 9.17) is 0 Å². The van der Waals surface area contributed by atoms with Crippen LogP contribution in [0.1, 0.15) is 46.5 Å². The molecule has 1 nitrogen and oxygen atoms in total. The van der Waals surface area contributed by atoms with Gasteiger partial charge in [-0.2, -0.15) is 0 Å². The Labute approximate surface area is 124 Å². The number of allylic oxidation sites excluding steroid dienone is 10. The number of rotatable bonds is 5. The first-order valence-corrected chi connectivity index (χ1v) is 7.44. The van der Waals surface area contributed by atoms with Crippen molar-refractivity contribution in [1.82, 2.24) is 0 Å². The van der Waals surface area contributed by atoms with E-state index in [9.17, 15) is 0 Å². The summed E-state index contributed by atoms with van der Waals surface area (Å²) in [5.74, 6) is 0. The Morgan fingerprint density at radius 3 is 2.40 bits per heavy atom. The lowest BCUT2D eigenvalue weighted by Gasteiger charge is -2.14. The average molecular weight is 269 g/mol. The highest BCUT2D eigenvalue weighted by Gasteiger charge is 2.05. The molecular formula is C19H27N. The molecule has 0 aromatic carbocycles. The molecule has 108 valence electrons. The van der Waals surface area contributed by atoms with Crippen LogP contribution >= 0.6 is 0 Å². The number of nitrogens with zero attached hydrogens (tertiary/aromatic N) is 1. The minimum absolute atomic E-state index is 1.20. The van der Waals surface area contributed by atoms with Gasteiger partial charge in [-0.1, -0.05) is 41.5 Å². The lowest BCUT2D eigenvalue weighted by molar-refractivity contribution is 0.683. The van der Waals surface area contributed by atoms with E-state index in [1.165, 1.54) is 42.4 Å². The summed E-state index contributed by atoms with van der Waals surface area (Å²) >= 11 is 0. The summed E-state index contributed by atoms with van der Waals surface area (Å²) in [6.07, 6.45) is 19.9. The summed E-state index contributed by atoms with van der Waals surface area (Å²) < 4.78 is 0. The van der Waals surface area contributed by atoms with Crippen molar-refractivity contribution < 1.29 is 0 Å². The van der Waals surface area contributed by atoms with E-state index in [0.717, 1.165) is 0 Å². The molecule has 0 saturated heterocycles. The zero-order chi connectivity index (χ0) is 14.8. The third-order valence-corrected chi connectivity index (χ3v) is 3.55. The van der Waals surface area contributed by atoms with Crippen molar-refractivity contribution in [1.29, 1.82) is 0 Å². The molecule has 1 rings (SSSR count). The molecule has 20 heavy (non-hydrogen) atoms. The fraction of sp³-hybridized carbons (Fsp3) is 0.421. The summed E-state index contributed by atoms with van der Waals surface area (Å²) in [5.41, 5.74) is 5.58. The topological polar surface area (TPSA) is 12.4 Å². The van der Waals surface area contributed by atoms with Gasteiger partial charge in [0.15, 0.2) is 0 Å². The van der Waals surface area contributed by atoms with E-state index < -0.39 is 0 Å². The van der Waals surface area contributed by atoms with Crippen molar-refractivity contribution in [2.45, 2.75) is 46.5 Å². The highest BCUT2D eigenvalue weighted by atomic mass is 14.6. The van der Waals surface area contributed by atoms with Crippen molar-refractivity contribution in [3.05, 3.63) is 58.7 Å². The maximum atomic E-state index is 3.94. The maximum absolute atomic E-state index is 3.94. The molecule has 0 radical (unpaired) electrons. The van der Waals surface area contributed by atoms with Gasteiger partial charge >= 0.3 is 0 Å². The second-order valence-corrected chi connectivity index (χ2v) is 5.43. The van der Waals surface area contributed by atoms with Gasteiger partial charge in [0, 0.05) is 13.3 Å². The van der Waals surface area contributed by atoms with Gasteiger partial charge in [0.2, 0.25) is 0 Å². The van der Waals surface area contributed by atoms with Crippen molar-refractivity contribution in [2.24, 2.45) is 4.99 Å². The van der Waals surface area contributed by atoms with Gasteiger partial charge < -0.3 is 0 Å². The predicted molar refractivity (Wildman–Crippen MR) is 91.4 cm³/mol. The summed E-state index contributed by atoms with van der Waals surface area (Å²) in [7, 11) is 1.78. The van der Waals surface area contributed by atoms with E-state index >= 15 is 0 Å². The zero-order valence-corrected chi connectivity index (χ0v) is 13.3. The Morgan fingerprint density at radius 2 is 1.70 bits per heavy atom. The minimum Gasteiger partial charge on any atom is -0.297 e. The lowest BCUT2D eigenvalue weighted by Crippen LogP contribution is -1.94. The molecular weight excluding hydrogens is 242 g/mol. The maximum Gasteiger partial charge on any atom is 0.0277 e. The molecule has 0 fully saturated rings. The normalized spacial score (nSPS) is 19.0. The van der Waals surface area contributed by atoms with Gasteiger partial charge in [-0.15, -0.1) is 0 Å². The van der Waals surface area contributed by atoms with Crippen molar-refractivity contribution in [2.75, 3.05) is 7.05 Å². The first-order chi connectivity index (χ1) is 9.63. The first-order valence-electron chi connectivity index (χ1n) is 7.44. The molecule has 0 aliphatic heterocycles. The van der Waals surface area contributed by atoms with Gasteiger partial charge in [0.05, 0.1) is 0 Å². The molecule has 0 spiro atoms. The average Bonchev–Trinajstić information content (AvgIpc) is 2.44. The van der Waals surface area contributed by atoms with Gasteiger partial charge in [0.1, 0.15) is 0 Å². The highest BCUT2D eigenvalue weighted by molar-refractivity contribution is 5.72. The Balaban J connectivity index is 2.59. The van der Waals surface area contributed by atoms with Crippen LogP contribution in [0.15, 0.2) is 63.7 Å². The molecule has 0 bridgehead atoms. The Hall–Kier alpha value is -1.63. The summed E-state index contributed by atoms with van der Waals surface area (Å²) in [6, 6.07) is 0.